The maximum atomic E-state index is 5.69. The van der Waals surface area contributed by atoms with Crippen LogP contribution in [0.3, 0.4) is 0 Å². The van der Waals surface area contributed by atoms with Gasteiger partial charge in [-0.25, -0.2) is 0 Å². The fraction of sp³-hybridized carbons (Fsp3) is 0.267. The van der Waals surface area contributed by atoms with E-state index in [0.29, 0.717) is 6.61 Å². The molecule has 0 spiro atoms. The quantitative estimate of drug-likeness (QED) is 0.884. The van der Waals surface area contributed by atoms with Gasteiger partial charge in [0.2, 0.25) is 0 Å². The van der Waals surface area contributed by atoms with E-state index in [1.54, 1.807) is 6.20 Å². The molecule has 100 valence electrons. The Morgan fingerprint density at radius 1 is 1.16 bits per heavy atom. The van der Waals surface area contributed by atoms with Crippen LogP contribution in [0.4, 0.5) is 0 Å². The number of rotatable bonds is 6. The minimum atomic E-state index is 0.486. The summed E-state index contributed by atoms with van der Waals surface area (Å²) in [6, 6.07) is 12.0. The zero-order valence-electron chi connectivity index (χ0n) is 10.9. The molecular weight excluding hydrogens is 304 g/mol. The van der Waals surface area contributed by atoms with E-state index < -0.39 is 0 Å². The van der Waals surface area contributed by atoms with Crippen molar-refractivity contribution in [1.82, 2.24) is 10.3 Å². The zero-order chi connectivity index (χ0) is 13.5. The fourth-order valence-corrected chi connectivity index (χ4v) is 1.86. The topological polar surface area (TPSA) is 34.1 Å². The van der Waals surface area contributed by atoms with Crippen LogP contribution < -0.4 is 10.1 Å². The molecule has 0 aliphatic heterocycles. The third-order valence-corrected chi connectivity index (χ3v) is 3.15. The fourth-order valence-electron chi connectivity index (χ4n) is 1.62. The zero-order valence-corrected chi connectivity index (χ0v) is 12.5. The molecule has 0 unspecified atom stereocenters. The summed E-state index contributed by atoms with van der Waals surface area (Å²) in [6.45, 7) is 4.46. The standard InChI is InChI=1S/C15H17BrN2O/c1-2-17-9-12-3-7-15(8-4-12)19-11-14-6-5-13(16)10-18-14/h3-8,10,17H,2,9,11H2,1H3. The summed E-state index contributed by atoms with van der Waals surface area (Å²) in [5.41, 5.74) is 2.18. The Balaban J connectivity index is 1.87. The lowest BCUT2D eigenvalue weighted by atomic mass is 10.2. The van der Waals surface area contributed by atoms with E-state index in [0.717, 1.165) is 29.0 Å². The normalized spacial score (nSPS) is 10.4. The molecule has 0 atom stereocenters. The van der Waals surface area contributed by atoms with E-state index in [2.05, 4.69) is 45.3 Å². The molecule has 1 aromatic heterocycles. The number of pyridine rings is 1. The minimum Gasteiger partial charge on any atom is -0.487 e. The van der Waals surface area contributed by atoms with Gasteiger partial charge in [0.1, 0.15) is 12.4 Å². The number of nitrogens with one attached hydrogen (secondary N) is 1. The van der Waals surface area contributed by atoms with E-state index >= 15 is 0 Å². The van der Waals surface area contributed by atoms with Gasteiger partial charge in [0.05, 0.1) is 5.69 Å². The van der Waals surface area contributed by atoms with Gasteiger partial charge in [-0.3, -0.25) is 4.98 Å². The van der Waals surface area contributed by atoms with Crippen LogP contribution in [0.5, 0.6) is 5.75 Å². The van der Waals surface area contributed by atoms with Crippen LogP contribution in [0.15, 0.2) is 47.1 Å². The second-order valence-electron chi connectivity index (χ2n) is 4.18. The maximum absolute atomic E-state index is 5.69. The highest BCUT2D eigenvalue weighted by atomic mass is 79.9. The summed E-state index contributed by atoms with van der Waals surface area (Å²) in [5, 5.41) is 3.29. The van der Waals surface area contributed by atoms with E-state index in [1.165, 1.54) is 5.56 Å². The van der Waals surface area contributed by atoms with Crippen LogP contribution in [-0.4, -0.2) is 11.5 Å². The van der Waals surface area contributed by atoms with Crippen LogP contribution in [0.2, 0.25) is 0 Å². The predicted molar refractivity (Wildman–Crippen MR) is 80.1 cm³/mol. The molecule has 19 heavy (non-hydrogen) atoms. The summed E-state index contributed by atoms with van der Waals surface area (Å²) in [5.74, 6) is 0.866. The molecule has 0 bridgehead atoms. The van der Waals surface area contributed by atoms with Gasteiger partial charge in [0.25, 0.3) is 0 Å². The van der Waals surface area contributed by atoms with E-state index in [-0.39, 0.29) is 0 Å². The second kappa shape index (κ2) is 7.26. The van der Waals surface area contributed by atoms with Crippen LogP contribution in [0.1, 0.15) is 18.2 Å². The molecular formula is C15H17BrN2O. The van der Waals surface area contributed by atoms with Crippen molar-refractivity contribution in [3.63, 3.8) is 0 Å². The number of nitrogens with zero attached hydrogens (tertiary/aromatic N) is 1. The number of benzene rings is 1. The van der Waals surface area contributed by atoms with Gasteiger partial charge in [0.15, 0.2) is 0 Å². The summed E-state index contributed by atoms with van der Waals surface area (Å²) < 4.78 is 6.67. The second-order valence-corrected chi connectivity index (χ2v) is 5.10. The first-order chi connectivity index (χ1) is 9.28. The highest BCUT2D eigenvalue weighted by molar-refractivity contribution is 9.10. The predicted octanol–water partition coefficient (Wildman–Crippen LogP) is 3.53. The van der Waals surface area contributed by atoms with Crippen molar-refractivity contribution >= 4 is 15.9 Å². The highest BCUT2D eigenvalue weighted by Crippen LogP contribution is 2.14. The van der Waals surface area contributed by atoms with Crippen LogP contribution in [0, 0.1) is 0 Å². The van der Waals surface area contributed by atoms with Crippen LogP contribution in [-0.2, 0) is 13.2 Å². The molecule has 0 radical (unpaired) electrons. The molecule has 4 heteroatoms. The third-order valence-electron chi connectivity index (χ3n) is 2.68. The average Bonchev–Trinajstić information content (AvgIpc) is 2.46. The monoisotopic (exact) mass is 320 g/mol. The summed E-state index contributed by atoms with van der Waals surface area (Å²) in [7, 11) is 0. The lowest BCUT2D eigenvalue weighted by molar-refractivity contribution is 0.301. The first kappa shape index (κ1) is 14.0. The van der Waals surface area contributed by atoms with E-state index in [1.807, 2.05) is 24.3 Å². The van der Waals surface area contributed by atoms with Gasteiger partial charge >= 0.3 is 0 Å². The molecule has 0 saturated carbocycles. The Morgan fingerprint density at radius 3 is 2.58 bits per heavy atom. The third kappa shape index (κ3) is 4.65. The van der Waals surface area contributed by atoms with Crippen LogP contribution >= 0.6 is 15.9 Å². The number of hydrogen-bond donors (Lipinski definition) is 1. The molecule has 1 aromatic carbocycles. The summed E-state index contributed by atoms with van der Waals surface area (Å²) in [4.78, 5) is 4.27. The largest absolute Gasteiger partial charge is 0.487 e. The Kier molecular flexibility index (Phi) is 5.36. The van der Waals surface area contributed by atoms with Crippen molar-refractivity contribution in [3.05, 3.63) is 58.3 Å². The van der Waals surface area contributed by atoms with Gasteiger partial charge in [-0.1, -0.05) is 19.1 Å². The molecule has 0 aliphatic rings. The first-order valence-electron chi connectivity index (χ1n) is 6.31. The summed E-state index contributed by atoms with van der Waals surface area (Å²) >= 11 is 3.36. The van der Waals surface area contributed by atoms with Gasteiger partial charge in [0, 0.05) is 17.2 Å². The number of halogens is 1. The number of hydrogen-bond acceptors (Lipinski definition) is 3. The summed E-state index contributed by atoms with van der Waals surface area (Å²) in [6.07, 6.45) is 1.78. The Labute approximate surface area is 122 Å². The maximum Gasteiger partial charge on any atom is 0.130 e. The number of ether oxygens (including phenoxy) is 1. The molecule has 0 saturated heterocycles. The van der Waals surface area contributed by atoms with E-state index in [4.69, 9.17) is 4.74 Å². The Hall–Kier alpha value is -1.39. The Morgan fingerprint density at radius 2 is 1.95 bits per heavy atom. The van der Waals surface area contributed by atoms with Crippen molar-refractivity contribution in [2.45, 2.75) is 20.1 Å². The molecule has 1 heterocycles. The Bertz CT molecular complexity index is 497. The SMILES string of the molecule is CCNCc1ccc(OCc2ccc(Br)cn2)cc1. The lowest BCUT2D eigenvalue weighted by Gasteiger charge is -2.07. The molecule has 0 aliphatic carbocycles. The van der Waals surface area contributed by atoms with Gasteiger partial charge < -0.3 is 10.1 Å². The average molecular weight is 321 g/mol. The molecule has 3 nitrogen and oxygen atoms in total. The van der Waals surface area contributed by atoms with Crippen molar-refractivity contribution in [2.24, 2.45) is 0 Å². The molecule has 2 rings (SSSR count). The van der Waals surface area contributed by atoms with Crippen molar-refractivity contribution in [1.29, 1.82) is 0 Å². The van der Waals surface area contributed by atoms with E-state index in [9.17, 15) is 0 Å². The molecule has 0 fully saturated rings. The molecule has 1 N–H and O–H groups in total. The van der Waals surface area contributed by atoms with Gasteiger partial charge in [-0.15, -0.1) is 0 Å². The molecule has 2 aromatic rings. The van der Waals surface area contributed by atoms with Crippen molar-refractivity contribution in [3.8, 4) is 5.75 Å². The lowest BCUT2D eigenvalue weighted by Crippen LogP contribution is -2.11. The first-order valence-corrected chi connectivity index (χ1v) is 7.10. The number of aromatic nitrogens is 1. The smallest absolute Gasteiger partial charge is 0.130 e. The highest BCUT2D eigenvalue weighted by Gasteiger charge is 1.98. The minimum absolute atomic E-state index is 0.486. The van der Waals surface area contributed by atoms with Crippen molar-refractivity contribution in [2.75, 3.05) is 6.54 Å². The van der Waals surface area contributed by atoms with Gasteiger partial charge in [-0.05, 0) is 52.3 Å². The molecule has 0 amide bonds. The van der Waals surface area contributed by atoms with Gasteiger partial charge in [-0.2, -0.15) is 0 Å². The van der Waals surface area contributed by atoms with Crippen LogP contribution in [0.25, 0.3) is 0 Å². The van der Waals surface area contributed by atoms with Crippen molar-refractivity contribution < 1.29 is 4.74 Å².